The molecule has 4 heterocycles. The molecule has 3 aliphatic rings. The molecule has 1 atom stereocenters. The Bertz CT molecular complexity index is 1300. The normalized spacial score (nSPS) is 21.5. The van der Waals surface area contributed by atoms with Crippen molar-refractivity contribution in [2.24, 2.45) is 5.92 Å². The Labute approximate surface area is 214 Å². The summed E-state index contributed by atoms with van der Waals surface area (Å²) in [6, 6.07) is 7.58. The fourth-order valence-corrected chi connectivity index (χ4v) is 5.31. The lowest BCUT2D eigenvalue weighted by atomic mass is 9.84. The standard InChI is InChI=1S/C25H28ClN7O3/c1-15(2)20-25(12-35-13-25)36-23(34)33(20)22-29-16(3)28-21(30-22)31-24(8-9-24)19-11-32(14-27-19)10-17-4-6-18(26)7-5-17/h4-7,11,14-15,20H,8-10,12-13H2,1-3H3,(H,28,29,30,31). The van der Waals surface area contributed by atoms with Gasteiger partial charge in [-0.15, -0.1) is 0 Å². The molecule has 36 heavy (non-hydrogen) atoms. The first kappa shape index (κ1) is 23.2. The van der Waals surface area contributed by atoms with Crippen LogP contribution >= 0.6 is 11.6 Å². The second-order valence-electron chi connectivity index (χ2n) is 10.3. The van der Waals surface area contributed by atoms with E-state index in [1.807, 2.05) is 30.6 Å². The summed E-state index contributed by atoms with van der Waals surface area (Å²) in [4.78, 5) is 32.8. The molecule has 2 saturated heterocycles. The van der Waals surface area contributed by atoms with Gasteiger partial charge in [0.2, 0.25) is 11.9 Å². The van der Waals surface area contributed by atoms with E-state index in [2.05, 4.69) is 49.9 Å². The smallest absolute Gasteiger partial charge is 0.417 e. The Balaban J connectivity index is 1.24. The average molecular weight is 510 g/mol. The van der Waals surface area contributed by atoms with E-state index in [1.54, 1.807) is 11.8 Å². The number of anilines is 2. The van der Waals surface area contributed by atoms with Crippen LogP contribution in [0.1, 0.15) is 43.8 Å². The summed E-state index contributed by atoms with van der Waals surface area (Å²) in [5.41, 5.74) is 1.09. The molecular formula is C25H28ClN7O3. The second kappa shape index (κ2) is 8.41. The lowest BCUT2D eigenvalue weighted by Gasteiger charge is -2.42. The fraction of sp³-hybridized carbons (Fsp3) is 0.480. The van der Waals surface area contributed by atoms with Crippen molar-refractivity contribution >= 4 is 29.6 Å². The maximum Gasteiger partial charge on any atom is 0.417 e. The Morgan fingerprint density at radius 3 is 2.56 bits per heavy atom. The van der Waals surface area contributed by atoms with Crippen LogP contribution in [0.3, 0.4) is 0 Å². The molecule has 1 spiro atoms. The van der Waals surface area contributed by atoms with Crippen molar-refractivity contribution in [3.8, 4) is 0 Å². The Kier molecular flexibility index (Phi) is 5.42. The van der Waals surface area contributed by atoms with Crippen molar-refractivity contribution in [2.45, 2.75) is 57.3 Å². The highest BCUT2D eigenvalue weighted by Gasteiger charge is 2.61. The molecule has 1 unspecified atom stereocenters. The zero-order valence-electron chi connectivity index (χ0n) is 20.4. The van der Waals surface area contributed by atoms with Crippen LogP contribution in [0.5, 0.6) is 0 Å². The van der Waals surface area contributed by atoms with Gasteiger partial charge in [0.15, 0.2) is 5.60 Å². The molecule has 1 saturated carbocycles. The van der Waals surface area contributed by atoms with Crippen LogP contribution in [0.4, 0.5) is 16.7 Å². The number of imidazole rings is 1. The van der Waals surface area contributed by atoms with Crippen molar-refractivity contribution in [3.05, 3.63) is 58.9 Å². The lowest BCUT2D eigenvalue weighted by molar-refractivity contribution is -0.174. The van der Waals surface area contributed by atoms with E-state index in [1.165, 1.54) is 0 Å². The van der Waals surface area contributed by atoms with Gasteiger partial charge in [-0.2, -0.15) is 15.0 Å². The van der Waals surface area contributed by atoms with Gasteiger partial charge >= 0.3 is 6.09 Å². The number of benzene rings is 1. The van der Waals surface area contributed by atoms with Crippen LogP contribution in [0, 0.1) is 12.8 Å². The molecule has 1 N–H and O–H groups in total. The number of rotatable bonds is 7. The van der Waals surface area contributed by atoms with E-state index >= 15 is 0 Å². The molecule has 2 aromatic heterocycles. The Morgan fingerprint density at radius 2 is 1.92 bits per heavy atom. The molecule has 0 radical (unpaired) electrons. The third-order valence-electron chi connectivity index (χ3n) is 7.08. The molecule has 188 valence electrons. The quantitative estimate of drug-likeness (QED) is 0.510. The molecule has 6 rings (SSSR count). The first-order chi connectivity index (χ1) is 17.3. The number of carbonyl (C=O) groups is 1. The summed E-state index contributed by atoms with van der Waals surface area (Å²) in [6.45, 7) is 7.39. The highest BCUT2D eigenvalue weighted by atomic mass is 35.5. The summed E-state index contributed by atoms with van der Waals surface area (Å²) in [6.07, 6.45) is 5.26. The third kappa shape index (κ3) is 3.98. The minimum atomic E-state index is -0.645. The molecule has 1 amide bonds. The Morgan fingerprint density at radius 1 is 1.17 bits per heavy atom. The number of ether oxygens (including phenoxy) is 2. The van der Waals surface area contributed by atoms with Gasteiger partial charge in [-0.25, -0.2) is 14.7 Å². The van der Waals surface area contributed by atoms with Gasteiger partial charge in [-0.05, 0) is 43.4 Å². The van der Waals surface area contributed by atoms with Gasteiger partial charge in [0, 0.05) is 17.8 Å². The third-order valence-corrected chi connectivity index (χ3v) is 7.33. The number of hydrogen-bond acceptors (Lipinski definition) is 8. The minimum Gasteiger partial charge on any atom is -0.435 e. The lowest BCUT2D eigenvalue weighted by Crippen LogP contribution is -2.61. The monoisotopic (exact) mass is 509 g/mol. The summed E-state index contributed by atoms with van der Waals surface area (Å²) in [7, 11) is 0. The largest absolute Gasteiger partial charge is 0.435 e. The number of aryl methyl sites for hydroxylation is 1. The van der Waals surface area contributed by atoms with Crippen molar-refractivity contribution in [3.63, 3.8) is 0 Å². The van der Waals surface area contributed by atoms with Crippen LogP contribution < -0.4 is 10.2 Å². The van der Waals surface area contributed by atoms with Crippen molar-refractivity contribution < 1.29 is 14.3 Å². The van der Waals surface area contributed by atoms with Crippen LogP contribution in [0.2, 0.25) is 5.02 Å². The van der Waals surface area contributed by atoms with Gasteiger partial charge in [-0.3, -0.25) is 0 Å². The molecule has 3 fully saturated rings. The van der Waals surface area contributed by atoms with E-state index in [0.29, 0.717) is 37.5 Å². The van der Waals surface area contributed by atoms with Gasteiger partial charge in [-0.1, -0.05) is 37.6 Å². The highest BCUT2D eigenvalue weighted by Crippen LogP contribution is 2.47. The highest BCUT2D eigenvalue weighted by molar-refractivity contribution is 6.30. The molecule has 1 aliphatic carbocycles. The number of aromatic nitrogens is 5. The summed E-state index contributed by atoms with van der Waals surface area (Å²) in [5.74, 6) is 1.37. The maximum atomic E-state index is 12.9. The minimum absolute atomic E-state index is 0.133. The van der Waals surface area contributed by atoms with Crippen LogP contribution in [-0.2, 0) is 21.6 Å². The van der Waals surface area contributed by atoms with E-state index < -0.39 is 11.7 Å². The predicted octanol–water partition coefficient (Wildman–Crippen LogP) is 3.93. The molecule has 2 aliphatic heterocycles. The number of carbonyl (C=O) groups excluding carboxylic acids is 1. The maximum absolute atomic E-state index is 12.9. The average Bonchev–Trinajstić information content (AvgIpc) is 3.28. The molecule has 0 bridgehead atoms. The van der Waals surface area contributed by atoms with E-state index in [-0.39, 0.29) is 17.5 Å². The van der Waals surface area contributed by atoms with Gasteiger partial charge < -0.3 is 19.4 Å². The van der Waals surface area contributed by atoms with Gasteiger partial charge in [0.1, 0.15) is 5.82 Å². The van der Waals surface area contributed by atoms with Crippen molar-refractivity contribution in [2.75, 3.05) is 23.4 Å². The SMILES string of the molecule is Cc1nc(NC2(c3cn(Cc4ccc(Cl)cc4)cn3)CC2)nc(N2C(=O)OC3(COC3)C2C(C)C)n1. The number of hydrogen-bond donors (Lipinski definition) is 1. The molecule has 10 nitrogen and oxygen atoms in total. The fourth-order valence-electron chi connectivity index (χ4n) is 5.19. The number of nitrogens with one attached hydrogen (secondary N) is 1. The van der Waals surface area contributed by atoms with Gasteiger partial charge in [0.05, 0.1) is 36.8 Å². The number of nitrogens with zero attached hydrogens (tertiary/aromatic N) is 6. The van der Waals surface area contributed by atoms with E-state index in [9.17, 15) is 4.79 Å². The molecule has 11 heteroatoms. The molecule has 1 aromatic carbocycles. The summed E-state index contributed by atoms with van der Waals surface area (Å²) in [5, 5.41) is 4.20. The second-order valence-corrected chi connectivity index (χ2v) is 10.7. The van der Waals surface area contributed by atoms with E-state index in [0.717, 1.165) is 29.1 Å². The number of amides is 1. The summed E-state index contributed by atoms with van der Waals surface area (Å²) >= 11 is 6.01. The predicted molar refractivity (Wildman–Crippen MR) is 133 cm³/mol. The van der Waals surface area contributed by atoms with Crippen molar-refractivity contribution in [1.29, 1.82) is 0 Å². The van der Waals surface area contributed by atoms with Crippen LogP contribution in [-0.4, -0.2) is 55.5 Å². The van der Waals surface area contributed by atoms with Crippen LogP contribution in [0.25, 0.3) is 0 Å². The van der Waals surface area contributed by atoms with E-state index in [4.69, 9.17) is 21.1 Å². The summed E-state index contributed by atoms with van der Waals surface area (Å²) < 4.78 is 13.2. The van der Waals surface area contributed by atoms with Crippen molar-refractivity contribution in [1.82, 2.24) is 24.5 Å². The number of halogens is 1. The Hall–Kier alpha value is -3.24. The van der Waals surface area contributed by atoms with Gasteiger partial charge in [0.25, 0.3) is 0 Å². The first-order valence-electron chi connectivity index (χ1n) is 12.1. The molecular weight excluding hydrogens is 482 g/mol. The topological polar surface area (TPSA) is 107 Å². The first-order valence-corrected chi connectivity index (χ1v) is 12.5. The zero-order chi connectivity index (χ0) is 25.1. The zero-order valence-corrected chi connectivity index (χ0v) is 21.2. The molecule has 3 aromatic rings. The van der Waals surface area contributed by atoms with Crippen LogP contribution in [0.15, 0.2) is 36.8 Å².